The number of rotatable bonds is 2. The number of aromatic nitrogens is 1. The molecule has 0 saturated carbocycles. The highest BCUT2D eigenvalue weighted by atomic mass is 16.3. The molecule has 2 rings (SSSR count). The Kier molecular flexibility index (Phi) is 2.79. The van der Waals surface area contributed by atoms with Gasteiger partial charge in [0, 0.05) is 24.7 Å². The largest absolute Gasteiger partial charge is 0.393 e. The Bertz CT molecular complexity index is 389. The molecule has 4 heteroatoms. The summed E-state index contributed by atoms with van der Waals surface area (Å²) in [7, 11) is 0. The van der Waals surface area contributed by atoms with E-state index < -0.39 is 6.10 Å². The molecule has 0 bridgehead atoms. The third kappa shape index (κ3) is 1.91. The van der Waals surface area contributed by atoms with Crippen molar-refractivity contribution in [3.8, 4) is 0 Å². The highest BCUT2D eigenvalue weighted by molar-refractivity contribution is 5.83. The summed E-state index contributed by atoms with van der Waals surface area (Å²) in [4.78, 5) is 15.5. The molecule has 0 amide bonds. The lowest BCUT2D eigenvalue weighted by molar-refractivity contribution is -0.118. The first-order valence-corrected chi connectivity index (χ1v) is 4.99. The maximum atomic E-state index is 11.3. The molecule has 1 aliphatic rings. The Morgan fingerprint density at radius 3 is 3.00 bits per heavy atom. The van der Waals surface area contributed by atoms with Crippen molar-refractivity contribution in [2.24, 2.45) is 0 Å². The number of pyridine rings is 1. The molecule has 15 heavy (non-hydrogen) atoms. The number of aryl methyl sites for hydroxylation is 1. The Morgan fingerprint density at radius 1 is 1.47 bits per heavy atom. The minimum Gasteiger partial charge on any atom is -0.393 e. The van der Waals surface area contributed by atoms with Crippen LogP contribution in [0.4, 0.5) is 0 Å². The molecule has 0 saturated heterocycles. The Balaban J connectivity index is 2.43. The van der Waals surface area contributed by atoms with Crippen molar-refractivity contribution in [1.29, 1.82) is 0 Å². The van der Waals surface area contributed by atoms with Gasteiger partial charge in [-0.2, -0.15) is 0 Å². The van der Waals surface area contributed by atoms with E-state index in [-0.39, 0.29) is 12.4 Å². The quantitative estimate of drug-likeness (QED) is 0.725. The zero-order valence-corrected chi connectivity index (χ0v) is 8.31. The van der Waals surface area contributed by atoms with Crippen LogP contribution in [0, 0.1) is 0 Å². The minimum atomic E-state index is -0.910. The minimum absolute atomic E-state index is 0.168. The molecular formula is C11H13NO3. The van der Waals surface area contributed by atoms with Crippen molar-refractivity contribution in [2.45, 2.75) is 25.4 Å². The molecule has 1 aromatic heterocycles. The fourth-order valence-electron chi connectivity index (χ4n) is 1.93. The number of fused-ring (bicyclic) bond motifs is 1. The number of Topliss-reactive ketones (excluding diaryl/α,β-unsaturated/α-hetero) is 1. The van der Waals surface area contributed by atoms with Gasteiger partial charge in [-0.1, -0.05) is 0 Å². The number of carbonyl (C=O) groups excluding carboxylic acids is 1. The summed E-state index contributed by atoms with van der Waals surface area (Å²) in [6.07, 6.45) is 2.20. The Morgan fingerprint density at radius 2 is 2.27 bits per heavy atom. The average Bonchev–Trinajstić information content (AvgIpc) is 2.27. The maximum absolute atomic E-state index is 11.3. The lowest BCUT2D eigenvalue weighted by Gasteiger charge is -2.19. The van der Waals surface area contributed by atoms with Crippen LogP contribution in [0.25, 0.3) is 0 Å². The topological polar surface area (TPSA) is 70.4 Å². The summed E-state index contributed by atoms with van der Waals surface area (Å²) in [6.45, 7) is -0.329. The third-order valence-corrected chi connectivity index (χ3v) is 2.73. The number of carbonyl (C=O) groups is 1. The third-order valence-electron chi connectivity index (χ3n) is 2.73. The number of nitrogens with zero attached hydrogens (tertiary/aromatic N) is 1. The summed E-state index contributed by atoms with van der Waals surface area (Å²) in [5.41, 5.74) is 2.31. The molecule has 2 N–H and O–H groups in total. The van der Waals surface area contributed by atoms with E-state index in [0.29, 0.717) is 24.8 Å². The zero-order valence-electron chi connectivity index (χ0n) is 8.31. The molecule has 1 atom stereocenters. The lowest BCUT2D eigenvalue weighted by Crippen LogP contribution is -2.19. The van der Waals surface area contributed by atoms with Crippen LogP contribution in [0.2, 0.25) is 0 Å². The average molecular weight is 207 g/mol. The van der Waals surface area contributed by atoms with E-state index >= 15 is 0 Å². The lowest BCUT2D eigenvalue weighted by atomic mass is 9.89. The van der Waals surface area contributed by atoms with E-state index in [1.807, 2.05) is 0 Å². The second-order valence-electron chi connectivity index (χ2n) is 3.74. The zero-order chi connectivity index (χ0) is 10.8. The van der Waals surface area contributed by atoms with Gasteiger partial charge in [-0.25, -0.2) is 0 Å². The van der Waals surface area contributed by atoms with Crippen LogP contribution in [0.1, 0.15) is 29.3 Å². The van der Waals surface area contributed by atoms with Gasteiger partial charge in [-0.15, -0.1) is 0 Å². The van der Waals surface area contributed by atoms with Gasteiger partial charge in [0.05, 0.1) is 6.61 Å². The number of hydrogen-bond donors (Lipinski definition) is 2. The van der Waals surface area contributed by atoms with Gasteiger partial charge >= 0.3 is 0 Å². The van der Waals surface area contributed by atoms with E-state index in [0.717, 1.165) is 11.3 Å². The summed E-state index contributed by atoms with van der Waals surface area (Å²) in [6, 6.07) is 1.66. The van der Waals surface area contributed by atoms with Crippen LogP contribution in [0.5, 0.6) is 0 Å². The monoisotopic (exact) mass is 207 g/mol. The normalized spacial score (nSPS) is 17.3. The van der Waals surface area contributed by atoms with Crippen molar-refractivity contribution >= 4 is 5.78 Å². The summed E-state index contributed by atoms with van der Waals surface area (Å²) < 4.78 is 0. The number of ketones is 1. The standard InChI is InChI=1S/C11H13NO3/c13-6-11(15)8-3-4-12-10-2-1-7(14)5-9(8)10/h3-4,11,13,15H,1-2,5-6H2/t11-/m0/s1. The molecule has 1 heterocycles. The van der Waals surface area contributed by atoms with Gasteiger partial charge in [0.2, 0.25) is 0 Å². The van der Waals surface area contributed by atoms with E-state index in [9.17, 15) is 9.90 Å². The molecular weight excluding hydrogens is 194 g/mol. The molecule has 0 unspecified atom stereocenters. The molecule has 0 aliphatic heterocycles. The Hall–Kier alpha value is -1.26. The van der Waals surface area contributed by atoms with Gasteiger partial charge in [0.15, 0.2) is 0 Å². The van der Waals surface area contributed by atoms with Crippen LogP contribution in [-0.4, -0.2) is 27.6 Å². The number of aliphatic hydroxyl groups excluding tert-OH is 2. The van der Waals surface area contributed by atoms with Crippen molar-refractivity contribution in [2.75, 3.05) is 6.61 Å². The van der Waals surface area contributed by atoms with Crippen LogP contribution in [0.15, 0.2) is 12.3 Å². The number of hydrogen-bond acceptors (Lipinski definition) is 4. The van der Waals surface area contributed by atoms with Gasteiger partial charge < -0.3 is 10.2 Å². The summed E-state index contributed by atoms with van der Waals surface area (Å²) in [5.74, 6) is 0.168. The van der Waals surface area contributed by atoms with Gasteiger partial charge in [-0.05, 0) is 23.6 Å². The van der Waals surface area contributed by atoms with Gasteiger partial charge in [-0.3, -0.25) is 9.78 Å². The van der Waals surface area contributed by atoms with Crippen LogP contribution in [0.3, 0.4) is 0 Å². The fraction of sp³-hybridized carbons (Fsp3) is 0.455. The highest BCUT2D eigenvalue weighted by Gasteiger charge is 2.22. The van der Waals surface area contributed by atoms with E-state index in [2.05, 4.69) is 4.98 Å². The predicted octanol–water partition coefficient (Wildman–Crippen LogP) is 0.165. The van der Waals surface area contributed by atoms with E-state index in [1.165, 1.54) is 0 Å². The first-order chi connectivity index (χ1) is 7.22. The van der Waals surface area contributed by atoms with Crippen LogP contribution < -0.4 is 0 Å². The first kappa shape index (κ1) is 10.3. The Labute approximate surface area is 87.6 Å². The van der Waals surface area contributed by atoms with E-state index in [1.54, 1.807) is 12.3 Å². The molecule has 0 aromatic carbocycles. The van der Waals surface area contributed by atoms with Crippen LogP contribution in [-0.2, 0) is 17.6 Å². The van der Waals surface area contributed by atoms with Crippen LogP contribution >= 0.6 is 0 Å². The molecule has 1 aliphatic carbocycles. The van der Waals surface area contributed by atoms with E-state index in [4.69, 9.17) is 5.11 Å². The molecule has 1 aromatic rings. The first-order valence-electron chi connectivity index (χ1n) is 4.99. The molecule has 0 spiro atoms. The molecule has 4 nitrogen and oxygen atoms in total. The SMILES string of the molecule is O=C1CCc2nccc([C@@H](O)CO)c2C1. The highest BCUT2D eigenvalue weighted by Crippen LogP contribution is 2.25. The van der Waals surface area contributed by atoms with Crippen molar-refractivity contribution in [1.82, 2.24) is 4.98 Å². The van der Waals surface area contributed by atoms with Gasteiger partial charge in [0.1, 0.15) is 11.9 Å². The van der Waals surface area contributed by atoms with Crippen molar-refractivity contribution < 1.29 is 15.0 Å². The second-order valence-corrected chi connectivity index (χ2v) is 3.74. The second kappa shape index (κ2) is 4.08. The molecule has 0 fully saturated rings. The van der Waals surface area contributed by atoms with Gasteiger partial charge in [0.25, 0.3) is 0 Å². The number of aliphatic hydroxyl groups is 2. The maximum Gasteiger partial charge on any atom is 0.137 e. The molecule has 0 radical (unpaired) electrons. The predicted molar refractivity (Wildman–Crippen MR) is 53.3 cm³/mol. The fourth-order valence-corrected chi connectivity index (χ4v) is 1.93. The smallest absolute Gasteiger partial charge is 0.137 e. The molecule has 80 valence electrons. The summed E-state index contributed by atoms with van der Waals surface area (Å²) in [5, 5.41) is 18.5. The summed E-state index contributed by atoms with van der Waals surface area (Å²) >= 11 is 0. The van der Waals surface area contributed by atoms with Crippen molar-refractivity contribution in [3.05, 3.63) is 29.1 Å². The van der Waals surface area contributed by atoms with Crippen molar-refractivity contribution in [3.63, 3.8) is 0 Å².